The smallest absolute Gasteiger partial charge is 0.258 e. The van der Waals surface area contributed by atoms with Crippen molar-refractivity contribution in [3.8, 4) is 0 Å². The van der Waals surface area contributed by atoms with Crippen molar-refractivity contribution < 1.29 is 9.85 Å². The number of nitrogens with zero attached hydrogens (tertiary/aromatic N) is 2. The van der Waals surface area contributed by atoms with Crippen LogP contribution in [0.1, 0.15) is 0 Å². The SMILES string of the molecule is N=S.O=[N+]([O-])c1cccc([N+](=O)[O-])c1. The van der Waals surface area contributed by atoms with Crippen LogP contribution in [0.2, 0.25) is 0 Å². The van der Waals surface area contributed by atoms with Gasteiger partial charge in [0.05, 0.1) is 15.9 Å². The molecule has 1 N–H and O–H groups in total. The van der Waals surface area contributed by atoms with Gasteiger partial charge < -0.3 is 0 Å². The maximum absolute atomic E-state index is 10.2. The molecule has 8 heteroatoms. The third-order valence-corrected chi connectivity index (χ3v) is 1.25. The molecule has 1 aromatic carbocycles. The molecule has 0 amide bonds. The molecular weight excluding hydrogens is 210 g/mol. The predicted molar refractivity (Wildman–Crippen MR) is 49.8 cm³/mol. The van der Waals surface area contributed by atoms with Gasteiger partial charge >= 0.3 is 0 Å². The summed E-state index contributed by atoms with van der Waals surface area (Å²) < 4.78 is 5.33. The van der Waals surface area contributed by atoms with Crippen LogP contribution in [0.5, 0.6) is 0 Å². The Kier molecular flexibility index (Phi) is 4.86. The van der Waals surface area contributed by atoms with Crippen LogP contribution >= 0.6 is 0 Å². The van der Waals surface area contributed by atoms with Gasteiger partial charge in [0, 0.05) is 24.6 Å². The second kappa shape index (κ2) is 5.65. The number of rotatable bonds is 2. The zero-order valence-electron chi connectivity index (χ0n) is 6.75. The van der Waals surface area contributed by atoms with Crippen molar-refractivity contribution in [2.24, 2.45) is 0 Å². The fourth-order valence-corrected chi connectivity index (χ4v) is 0.720. The fourth-order valence-electron chi connectivity index (χ4n) is 0.720. The van der Waals surface area contributed by atoms with Gasteiger partial charge in [0.1, 0.15) is 0 Å². The minimum Gasteiger partial charge on any atom is -0.258 e. The number of nitrogens with one attached hydrogen (secondary N) is 1. The molecule has 0 aliphatic heterocycles. The Morgan fingerprint density at radius 1 is 1.07 bits per heavy atom. The molecule has 7 nitrogen and oxygen atoms in total. The zero-order valence-corrected chi connectivity index (χ0v) is 7.56. The molecule has 14 heavy (non-hydrogen) atoms. The molecule has 0 radical (unpaired) electrons. The van der Waals surface area contributed by atoms with Crippen molar-refractivity contribution in [2.45, 2.75) is 0 Å². The first kappa shape index (κ1) is 12.0. The van der Waals surface area contributed by atoms with E-state index in [0.717, 1.165) is 6.07 Å². The predicted octanol–water partition coefficient (Wildman–Crippen LogP) is 1.80. The summed E-state index contributed by atoms with van der Waals surface area (Å²) in [6.45, 7) is 0. The van der Waals surface area contributed by atoms with Gasteiger partial charge in [0.25, 0.3) is 11.4 Å². The molecule has 0 aliphatic carbocycles. The van der Waals surface area contributed by atoms with Gasteiger partial charge in [0.2, 0.25) is 0 Å². The van der Waals surface area contributed by atoms with Crippen LogP contribution in [0.15, 0.2) is 24.3 Å². The van der Waals surface area contributed by atoms with Crippen molar-refractivity contribution in [3.63, 3.8) is 0 Å². The summed E-state index contributed by atoms with van der Waals surface area (Å²) in [5.74, 6) is 0. The van der Waals surface area contributed by atoms with E-state index in [1.165, 1.54) is 18.2 Å². The molecule has 0 fully saturated rings. The Balaban J connectivity index is 0.000000791. The molecule has 0 unspecified atom stereocenters. The highest BCUT2D eigenvalue weighted by Crippen LogP contribution is 2.18. The Bertz CT molecular complexity index is 327. The van der Waals surface area contributed by atoms with E-state index in [4.69, 9.17) is 4.78 Å². The molecule has 0 saturated carbocycles. The Morgan fingerprint density at radius 3 is 1.71 bits per heavy atom. The van der Waals surface area contributed by atoms with Gasteiger partial charge in [-0.3, -0.25) is 20.2 Å². The Labute approximate surface area is 83.6 Å². The second-order valence-electron chi connectivity index (χ2n) is 2.03. The van der Waals surface area contributed by atoms with E-state index in [2.05, 4.69) is 12.4 Å². The van der Waals surface area contributed by atoms with Crippen molar-refractivity contribution in [1.82, 2.24) is 0 Å². The summed E-state index contributed by atoms with van der Waals surface area (Å²) in [6, 6.07) is 4.59. The second-order valence-corrected chi connectivity index (χ2v) is 2.03. The number of hydrogen-bond acceptors (Lipinski definition) is 6. The first-order chi connectivity index (χ1) is 6.61. The number of nitro groups is 2. The summed E-state index contributed by atoms with van der Waals surface area (Å²) in [4.78, 5) is 19.0. The molecular formula is C6H5N3O4S. The first-order valence-electron chi connectivity index (χ1n) is 3.20. The van der Waals surface area contributed by atoms with Crippen LogP contribution in [0.4, 0.5) is 11.4 Å². The van der Waals surface area contributed by atoms with Crippen molar-refractivity contribution in [1.29, 1.82) is 4.78 Å². The Morgan fingerprint density at radius 2 is 1.43 bits per heavy atom. The van der Waals surface area contributed by atoms with E-state index in [0.29, 0.717) is 0 Å². The molecule has 0 atom stereocenters. The van der Waals surface area contributed by atoms with E-state index in [1.807, 2.05) is 0 Å². The highest BCUT2D eigenvalue weighted by Gasteiger charge is 2.11. The van der Waals surface area contributed by atoms with E-state index in [1.54, 1.807) is 0 Å². The summed E-state index contributed by atoms with van der Waals surface area (Å²) in [7, 11) is 0. The summed E-state index contributed by atoms with van der Waals surface area (Å²) in [5.41, 5.74) is -0.548. The van der Waals surface area contributed by atoms with Crippen molar-refractivity contribution >= 4 is 23.8 Å². The molecule has 0 heterocycles. The Hall–Kier alpha value is -1.96. The van der Waals surface area contributed by atoms with E-state index in [9.17, 15) is 20.2 Å². The minimum atomic E-state index is -0.674. The molecule has 0 bridgehead atoms. The topological polar surface area (TPSA) is 110 Å². The van der Waals surface area contributed by atoms with Gasteiger partial charge in [-0.05, 0) is 6.07 Å². The van der Waals surface area contributed by atoms with Crippen LogP contribution in [0, 0.1) is 25.0 Å². The minimum absolute atomic E-state index is 0.274. The summed E-state index contributed by atoms with van der Waals surface area (Å²) >= 11 is 3.33. The van der Waals surface area contributed by atoms with Gasteiger partial charge in [-0.1, -0.05) is 0 Å². The maximum Gasteiger partial charge on any atom is 0.276 e. The normalized spacial score (nSPS) is 8.29. The van der Waals surface area contributed by atoms with Crippen LogP contribution < -0.4 is 0 Å². The number of hydrogen-bond donors (Lipinski definition) is 1. The molecule has 1 aromatic rings. The van der Waals surface area contributed by atoms with Crippen molar-refractivity contribution in [2.75, 3.05) is 0 Å². The molecule has 0 saturated heterocycles. The monoisotopic (exact) mass is 215 g/mol. The third kappa shape index (κ3) is 3.19. The quantitative estimate of drug-likeness (QED) is 0.597. The van der Waals surface area contributed by atoms with Crippen molar-refractivity contribution in [3.05, 3.63) is 44.5 Å². The molecule has 74 valence electrons. The van der Waals surface area contributed by atoms with Gasteiger partial charge in [0.15, 0.2) is 0 Å². The molecule has 0 spiro atoms. The lowest BCUT2D eigenvalue weighted by Crippen LogP contribution is -1.91. The average Bonchev–Trinajstić information content (AvgIpc) is 2.21. The highest BCUT2D eigenvalue weighted by molar-refractivity contribution is 7.45. The highest BCUT2D eigenvalue weighted by atomic mass is 32.1. The van der Waals surface area contributed by atoms with Crippen LogP contribution in [-0.2, 0) is 12.4 Å². The lowest BCUT2D eigenvalue weighted by atomic mass is 10.3. The number of non-ortho nitro benzene ring substituents is 2. The van der Waals surface area contributed by atoms with E-state index in [-0.39, 0.29) is 11.4 Å². The lowest BCUT2D eigenvalue weighted by molar-refractivity contribution is -0.394. The number of nitro benzene ring substituents is 2. The van der Waals surface area contributed by atoms with Gasteiger partial charge in [-0.25, -0.2) is 4.78 Å². The molecule has 1 rings (SSSR count). The number of benzene rings is 1. The zero-order chi connectivity index (χ0) is 11.1. The lowest BCUT2D eigenvalue weighted by Gasteiger charge is -1.90. The van der Waals surface area contributed by atoms with E-state index < -0.39 is 9.85 Å². The summed E-state index contributed by atoms with van der Waals surface area (Å²) in [5, 5.41) is 20.3. The van der Waals surface area contributed by atoms with Gasteiger partial charge in [-0.15, -0.1) is 0 Å². The maximum atomic E-state index is 10.2. The fraction of sp³-hybridized carbons (Fsp3) is 0. The van der Waals surface area contributed by atoms with Gasteiger partial charge in [-0.2, -0.15) is 0 Å². The summed E-state index contributed by atoms with van der Waals surface area (Å²) in [6.07, 6.45) is 0. The van der Waals surface area contributed by atoms with Crippen LogP contribution in [-0.4, -0.2) is 9.85 Å². The third-order valence-electron chi connectivity index (χ3n) is 1.25. The van der Waals surface area contributed by atoms with E-state index >= 15 is 0 Å². The largest absolute Gasteiger partial charge is 0.276 e. The first-order valence-corrected chi connectivity index (χ1v) is 3.61. The molecule has 0 aliphatic rings. The standard InChI is InChI=1S/C6H4N2O4.HNS/c9-7(10)5-2-1-3-6(4-5)8(11)12;1-2/h1-4H;1H. The molecule has 0 aromatic heterocycles. The average molecular weight is 215 g/mol. The van der Waals surface area contributed by atoms with Crippen LogP contribution in [0.25, 0.3) is 0 Å². The van der Waals surface area contributed by atoms with Crippen LogP contribution in [0.3, 0.4) is 0 Å².